The van der Waals surface area contributed by atoms with Gasteiger partial charge in [-0.15, -0.1) is 0 Å². The second-order valence-electron chi connectivity index (χ2n) is 5.40. The van der Waals surface area contributed by atoms with E-state index in [4.69, 9.17) is 0 Å². The fourth-order valence-corrected chi connectivity index (χ4v) is 9.39. The molecule has 0 aliphatic carbocycles. The van der Waals surface area contributed by atoms with Gasteiger partial charge in [0.2, 0.25) is 0 Å². The molecule has 100 valence electrons. The summed E-state index contributed by atoms with van der Waals surface area (Å²) >= 11 is 3.53. The van der Waals surface area contributed by atoms with Gasteiger partial charge in [0.05, 0.1) is 5.69 Å². The summed E-state index contributed by atoms with van der Waals surface area (Å²) in [5, 5.41) is 0. The van der Waals surface area contributed by atoms with Gasteiger partial charge in [0.15, 0.2) is 0 Å². The highest BCUT2D eigenvalue weighted by Crippen LogP contribution is 2.60. The zero-order valence-electron chi connectivity index (χ0n) is 11.3. The Hall–Kier alpha value is 0.130. The molecule has 0 spiro atoms. The van der Waals surface area contributed by atoms with E-state index in [2.05, 4.69) is 57.2 Å². The molecule has 0 amide bonds. The number of benzene rings is 1. The fourth-order valence-electron chi connectivity index (χ4n) is 1.89. The maximum absolute atomic E-state index is 13.5. The van der Waals surface area contributed by atoms with Crippen LogP contribution in [0.25, 0.3) is 0 Å². The van der Waals surface area contributed by atoms with Crippen molar-refractivity contribution >= 4 is 42.0 Å². The Morgan fingerprint density at radius 1 is 1.00 bits per heavy atom. The molecule has 0 saturated carbocycles. The van der Waals surface area contributed by atoms with Gasteiger partial charge in [-0.3, -0.25) is 3.71 Å². The van der Waals surface area contributed by atoms with Gasteiger partial charge < -0.3 is 0 Å². The Labute approximate surface area is 116 Å². The SMILES string of the molecule is CS(C)(C)N(c1cc(F)ccc1Br)S(C)(C)C. The van der Waals surface area contributed by atoms with Crippen molar-refractivity contribution in [2.24, 2.45) is 0 Å². The van der Waals surface area contributed by atoms with E-state index in [0.29, 0.717) is 0 Å². The monoisotopic (exact) mass is 341 g/mol. The molecule has 0 aliphatic heterocycles. The highest BCUT2D eigenvalue weighted by atomic mass is 79.9. The van der Waals surface area contributed by atoms with Gasteiger partial charge in [-0.25, -0.2) is 4.39 Å². The predicted octanol–water partition coefficient (Wildman–Crippen LogP) is 4.61. The molecule has 0 heterocycles. The molecular formula is C12H21BrFNS2. The van der Waals surface area contributed by atoms with Crippen molar-refractivity contribution in [3.05, 3.63) is 28.5 Å². The molecule has 0 radical (unpaired) electrons. The van der Waals surface area contributed by atoms with E-state index in [1.807, 2.05) is 0 Å². The second-order valence-corrected chi connectivity index (χ2v) is 14.3. The lowest BCUT2D eigenvalue weighted by atomic mass is 10.3. The molecule has 5 heteroatoms. The summed E-state index contributed by atoms with van der Waals surface area (Å²) in [6, 6.07) is 4.90. The average molecular weight is 342 g/mol. The molecular weight excluding hydrogens is 321 g/mol. The van der Waals surface area contributed by atoms with Gasteiger partial charge in [0.25, 0.3) is 0 Å². The predicted molar refractivity (Wildman–Crippen MR) is 87.3 cm³/mol. The highest BCUT2D eigenvalue weighted by molar-refractivity contribution is 9.10. The number of hydrogen-bond acceptors (Lipinski definition) is 1. The maximum Gasteiger partial charge on any atom is 0.125 e. The molecule has 0 atom stereocenters. The molecule has 0 fully saturated rings. The maximum atomic E-state index is 13.5. The van der Waals surface area contributed by atoms with Gasteiger partial charge in [-0.1, -0.05) is 0 Å². The van der Waals surface area contributed by atoms with Crippen molar-refractivity contribution in [1.29, 1.82) is 0 Å². The quantitative estimate of drug-likeness (QED) is 0.775. The van der Waals surface area contributed by atoms with Crippen LogP contribution in [-0.2, 0) is 0 Å². The molecule has 1 aromatic carbocycles. The lowest BCUT2D eigenvalue weighted by Gasteiger charge is -2.53. The van der Waals surface area contributed by atoms with Gasteiger partial charge in [-0.05, 0) is 65.6 Å². The van der Waals surface area contributed by atoms with Crippen LogP contribution in [0.1, 0.15) is 0 Å². The molecule has 1 rings (SSSR count). The van der Waals surface area contributed by atoms with Crippen LogP contribution in [-0.4, -0.2) is 37.5 Å². The largest absolute Gasteiger partial charge is 0.297 e. The third-order valence-electron chi connectivity index (χ3n) is 2.10. The molecule has 0 bridgehead atoms. The van der Waals surface area contributed by atoms with Crippen LogP contribution in [0, 0.1) is 5.82 Å². The highest BCUT2D eigenvalue weighted by Gasteiger charge is 2.27. The molecule has 0 unspecified atom stereocenters. The lowest BCUT2D eigenvalue weighted by molar-refractivity contribution is 0.628. The Bertz CT molecular complexity index is 396. The van der Waals surface area contributed by atoms with Crippen LogP contribution in [0.4, 0.5) is 10.1 Å². The number of anilines is 1. The van der Waals surface area contributed by atoms with Crippen molar-refractivity contribution in [1.82, 2.24) is 0 Å². The Kier molecular flexibility index (Phi) is 4.48. The van der Waals surface area contributed by atoms with Crippen LogP contribution >= 0.6 is 36.4 Å². The second kappa shape index (κ2) is 5.02. The minimum atomic E-state index is -0.941. The molecule has 0 aromatic heterocycles. The number of nitrogens with zero attached hydrogens (tertiary/aromatic N) is 1. The van der Waals surface area contributed by atoms with E-state index < -0.39 is 20.4 Å². The zero-order valence-corrected chi connectivity index (χ0v) is 14.5. The van der Waals surface area contributed by atoms with Crippen LogP contribution in [0.5, 0.6) is 0 Å². The van der Waals surface area contributed by atoms with E-state index in [9.17, 15) is 4.39 Å². The first-order valence-corrected chi connectivity index (χ1v) is 11.6. The van der Waals surface area contributed by atoms with Crippen LogP contribution in [0.15, 0.2) is 22.7 Å². The first kappa shape index (κ1) is 15.2. The summed E-state index contributed by atoms with van der Waals surface area (Å²) < 4.78 is 16.8. The minimum Gasteiger partial charge on any atom is -0.297 e. The van der Waals surface area contributed by atoms with Gasteiger partial charge in [0, 0.05) is 10.5 Å². The normalized spacial score (nSPS) is 14.6. The standard InChI is InChI=1S/C12H21BrFNS2/c1-16(2,3)15(17(4,5)6)12-9-10(14)7-8-11(12)13/h7-9H,1-6H3. The molecule has 1 nitrogen and oxygen atoms in total. The summed E-state index contributed by atoms with van der Waals surface area (Å²) in [5.74, 6) is -0.180. The van der Waals surface area contributed by atoms with Crippen molar-refractivity contribution in [3.63, 3.8) is 0 Å². The topological polar surface area (TPSA) is 3.24 Å². The summed E-state index contributed by atoms with van der Waals surface area (Å²) in [7, 11) is -1.88. The van der Waals surface area contributed by atoms with Gasteiger partial charge in [-0.2, -0.15) is 20.4 Å². The lowest BCUT2D eigenvalue weighted by Crippen LogP contribution is -2.28. The fraction of sp³-hybridized carbons (Fsp3) is 0.500. The smallest absolute Gasteiger partial charge is 0.125 e. The van der Waals surface area contributed by atoms with E-state index in [1.54, 1.807) is 12.1 Å². The Morgan fingerprint density at radius 3 is 1.88 bits per heavy atom. The zero-order chi connectivity index (χ0) is 13.4. The third kappa shape index (κ3) is 3.80. The van der Waals surface area contributed by atoms with Gasteiger partial charge >= 0.3 is 0 Å². The number of rotatable bonds is 3. The molecule has 1 aromatic rings. The average Bonchev–Trinajstić information content (AvgIpc) is 2.06. The Balaban J connectivity index is 3.38. The minimum absolute atomic E-state index is 0.180. The van der Waals surface area contributed by atoms with Crippen molar-refractivity contribution in [3.8, 4) is 0 Å². The summed E-state index contributed by atoms with van der Waals surface area (Å²) in [6.07, 6.45) is 13.4. The Morgan fingerprint density at radius 2 is 1.47 bits per heavy atom. The van der Waals surface area contributed by atoms with Gasteiger partial charge in [0.1, 0.15) is 5.82 Å². The molecule has 17 heavy (non-hydrogen) atoms. The van der Waals surface area contributed by atoms with Crippen molar-refractivity contribution in [2.45, 2.75) is 0 Å². The third-order valence-corrected chi connectivity index (χ3v) is 7.84. The number of hydrogen-bond donors (Lipinski definition) is 0. The van der Waals surface area contributed by atoms with Crippen LogP contribution in [0.2, 0.25) is 0 Å². The van der Waals surface area contributed by atoms with E-state index in [-0.39, 0.29) is 5.82 Å². The van der Waals surface area contributed by atoms with Crippen LogP contribution in [0.3, 0.4) is 0 Å². The van der Waals surface area contributed by atoms with Crippen LogP contribution < -0.4 is 3.71 Å². The van der Waals surface area contributed by atoms with E-state index >= 15 is 0 Å². The molecule has 0 N–H and O–H groups in total. The number of halogens is 2. The summed E-state index contributed by atoms with van der Waals surface area (Å²) in [5.41, 5.74) is 0.968. The summed E-state index contributed by atoms with van der Waals surface area (Å²) in [4.78, 5) is 0. The first-order valence-electron chi connectivity index (χ1n) is 5.15. The molecule has 0 saturated heterocycles. The first-order chi connectivity index (χ1) is 7.53. The summed E-state index contributed by atoms with van der Waals surface area (Å²) in [6.45, 7) is 0. The van der Waals surface area contributed by atoms with E-state index in [0.717, 1.165) is 10.2 Å². The van der Waals surface area contributed by atoms with Crippen molar-refractivity contribution < 1.29 is 4.39 Å². The van der Waals surface area contributed by atoms with E-state index in [1.165, 1.54) is 6.07 Å². The van der Waals surface area contributed by atoms with Crippen molar-refractivity contribution in [2.75, 3.05) is 41.2 Å². The molecule has 0 aliphatic rings.